The molecule has 0 fully saturated rings. The first-order chi connectivity index (χ1) is 6.86. The summed E-state index contributed by atoms with van der Waals surface area (Å²) in [4.78, 5) is 7.74. The summed E-state index contributed by atoms with van der Waals surface area (Å²) >= 11 is 5.84. The van der Waals surface area contributed by atoms with E-state index in [1.165, 1.54) is 6.39 Å². The van der Waals surface area contributed by atoms with Crippen molar-refractivity contribution in [3.63, 3.8) is 0 Å². The fourth-order valence-electron chi connectivity index (χ4n) is 1.03. The van der Waals surface area contributed by atoms with E-state index in [1.807, 2.05) is 12.1 Å². The molecule has 0 atom stereocenters. The highest BCUT2D eigenvalue weighted by atomic mass is 35.5. The molecule has 0 aromatic carbocycles. The van der Waals surface area contributed by atoms with Gasteiger partial charge in [-0.2, -0.15) is 0 Å². The number of aromatic nitrogens is 2. The predicted octanol–water partition coefficient (Wildman–Crippen LogP) is 2.34. The van der Waals surface area contributed by atoms with Gasteiger partial charge in [0, 0.05) is 6.20 Å². The Bertz CT molecular complexity index is 402. The summed E-state index contributed by atoms with van der Waals surface area (Å²) in [5.41, 5.74) is 0.783. The van der Waals surface area contributed by atoms with E-state index in [0.717, 1.165) is 11.4 Å². The summed E-state index contributed by atoms with van der Waals surface area (Å²) < 4.78 is 5.06. The van der Waals surface area contributed by atoms with Gasteiger partial charge in [-0.25, -0.2) is 9.97 Å². The van der Waals surface area contributed by atoms with E-state index in [2.05, 4.69) is 15.3 Å². The molecular formula is C9H8ClN3O. The zero-order valence-corrected chi connectivity index (χ0v) is 8.03. The SMILES string of the molecule is Clc1ncccc1NCc1cnco1. The van der Waals surface area contributed by atoms with Crippen LogP contribution in [0.5, 0.6) is 0 Å². The lowest BCUT2D eigenvalue weighted by molar-refractivity contribution is 0.511. The van der Waals surface area contributed by atoms with Gasteiger partial charge in [0.05, 0.1) is 18.4 Å². The molecule has 72 valence electrons. The zero-order chi connectivity index (χ0) is 9.80. The van der Waals surface area contributed by atoms with Crippen molar-refractivity contribution >= 4 is 17.3 Å². The molecule has 0 unspecified atom stereocenters. The summed E-state index contributed by atoms with van der Waals surface area (Å²) in [6, 6.07) is 3.67. The first-order valence-corrected chi connectivity index (χ1v) is 4.46. The zero-order valence-electron chi connectivity index (χ0n) is 7.27. The Labute approximate surface area is 85.9 Å². The van der Waals surface area contributed by atoms with Crippen LogP contribution < -0.4 is 5.32 Å². The smallest absolute Gasteiger partial charge is 0.180 e. The summed E-state index contributed by atoms with van der Waals surface area (Å²) in [6.07, 6.45) is 4.68. The molecular weight excluding hydrogens is 202 g/mol. The number of pyridine rings is 1. The maximum atomic E-state index is 5.84. The molecule has 0 aliphatic carbocycles. The van der Waals surface area contributed by atoms with Gasteiger partial charge in [-0.15, -0.1) is 0 Å². The minimum atomic E-state index is 0.451. The molecule has 0 aliphatic rings. The largest absolute Gasteiger partial charge is 0.447 e. The van der Waals surface area contributed by atoms with Gasteiger partial charge < -0.3 is 9.73 Å². The number of oxazole rings is 1. The molecule has 14 heavy (non-hydrogen) atoms. The van der Waals surface area contributed by atoms with Gasteiger partial charge in [0.15, 0.2) is 11.5 Å². The molecule has 2 rings (SSSR count). The van der Waals surface area contributed by atoms with Gasteiger partial charge in [-0.1, -0.05) is 11.6 Å². The van der Waals surface area contributed by atoms with Crippen LogP contribution in [0.25, 0.3) is 0 Å². The Morgan fingerprint density at radius 2 is 2.43 bits per heavy atom. The van der Waals surface area contributed by atoms with Gasteiger partial charge >= 0.3 is 0 Å². The molecule has 4 nitrogen and oxygen atoms in total. The third-order valence-corrected chi connectivity index (χ3v) is 2.00. The Morgan fingerprint density at radius 3 is 3.14 bits per heavy atom. The average Bonchev–Trinajstić information content (AvgIpc) is 2.69. The quantitative estimate of drug-likeness (QED) is 0.789. The lowest BCUT2D eigenvalue weighted by atomic mass is 10.4. The van der Waals surface area contributed by atoms with Crippen molar-refractivity contribution < 1.29 is 4.42 Å². The van der Waals surface area contributed by atoms with Gasteiger partial charge in [0.1, 0.15) is 5.76 Å². The number of halogens is 1. The van der Waals surface area contributed by atoms with Crippen molar-refractivity contribution in [1.29, 1.82) is 0 Å². The highest BCUT2D eigenvalue weighted by molar-refractivity contribution is 6.31. The first-order valence-electron chi connectivity index (χ1n) is 4.08. The number of anilines is 1. The molecule has 0 radical (unpaired) electrons. The maximum absolute atomic E-state index is 5.84. The predicted molar refractivity (Wildman–Crippen MR) is 53.1 cm³/mol. The Kier molecular flexibility index (Phi) is 2.65. The number of hydrogen-bond donors (Lipinski definition) is 1. The van der Waals surface area contributed by atoms with Crippen LogP contribution >= 0.6 is 11.6 Å². The highest BCUT2D eigenvalue weighted by Gasteiger charge is 2.00. The summed E-state index contributed by atoms with van der Waals surface area (Å²) in [5.74, 6) is 0.755. The van der Waals surface area contributed by atoms with Crippen molar-refractivity contribution in [3.8, 4) is 0 Å². The van der Waals surface area contributed by atoms with E-state index in [0.29, 0.717) is 11.7 Å². The number of nitrogens with zero attached hydrogens (tertiary/aromatic N) is 2. The Morgan fingerprint density at radius 1 is 1.50 bits per heavy atom. The van der Waals surface area contributed by atoms with Gasteiger partial charge in [-0.3, -0.25) is 0 Å². The molecule has 0 amide bonds. The van der Waals surface area contributed by atoms with Crippen molar-refractivity contribution in [3.05, 3.63) is 41.8 Å². The monoisotopic (exact) mass is 209 g/mol. The average molecular weight is 210 g/mol. The normalized spacial score (nSPS) is 10.1. The van der Waals surface area contributed by atoms with Crippen molar-refractivity contribution in [2.45, 2.75) is 6.54 Å². The molecule has 2 aromatic rings. The highest BCUT2D eigenvalue weighted by Crippen LogP contribution is 2.17. The van der Waals surface area contributed by atoms with Crippen LogP contribution in [-0.2, 0) is 6.54 Å². The first kappa shape index (κ1) is 9.02. The second-order valence-electron chi connectivity index (χ2n) is 2.66. The molecule has 0 saturated carbocycles. The van der Waals surface area contributed by atoms with Gasteiger partial charge in [0.2, 0.25) is 0 Å². The van der Waals surface area contributed by atoms with Crippen molar-refractivity contribution in [2.75, 3.05) is 5.32 Å². The van der Waals surface area contributed by atoms with E-state index in [4.69, 9.17) is 16.0 Å². The van der Waals surface area contributed by atoms with Crippen molar-refractivity contribution in [2.24, 2.45) is 0 Å². The molecule has 0 spiro atoms. The van der Waals surface area contributed by atoms with Crippen LogP contribution in [0.4, 0.5) is 5.69 Å². The van der Waals surface area contributed by atoms with Crippen molar-refractivity contribution in [1.82, 2.24) is 9.97 Å². The Balaban J connectivity index is 2.02. The number of rotatable bonds is 3. The second-order valence-corrected chi connectivity index (χ2v) is 3.02. The number of nitrogens with one attached hydrogen (secondary N) is 1. The van der Waals surface area contributed by atoms with Crippen LogP contribution in [0.1, 0.15) is 5.76 Å². The third-order valence-electron chi connectivity index (χ3n) is 1.70. The minimum absolute atomic E-state index is 0.451. The number of hydrogen-bond acceptors (Lipinski definition) is 4. The lowest BCUT2D eigenvalue weighted by Gasteiger charge is -2.04. The van der Waals surface area contributed by atoms with E-state index in [1.54, 1.807) is 12.4 Å². The van der Waals surface area contributed by atoms with Crippen LogP contribution in [0, 0.1) is 0 Å². The fourth-order valence-corrected chi connectivity index (χ4v) is 1.22. The van der Waals surface area contributed by atoms with Crippen LogP contribution in [0.3, 0.4) is 0 Å². The molecule has 5 heteroatoms. The molecule has 1 N–H and O–H groups in total. The van der Waals surface area contributed by atoms with Crippen LogP contribution in [-0.4, -0.2) is 9.97 Å². The topological polar surface area (TPSA) is 51.0 Å². The minimum Gasteiger partial charge on any atom is -0.447 e. The molecule has 2 aromatic heterocycles. The molecule has 0 aliphatic heterocycles. The molecule has 2 heterocycles. The fraction of sp³-hybridized carbons (Fsp3) is 0.111. The molecule has 0 saturated heterocycles. The molecule has 0 bridgehead atoms. The van der Waals surface area contributed by atoms with E-state index in [-0.39, 0.29) is 0 Å². The second kappa shape index (κ2) is 4.11. The summed E-state index contributed by atoms with van der Waals surface area (Å²) in [6.45, 7) is 0.547. The standard InChI is InChI=1S/C9H8ClN3O/c10-9-8(2-1-3-12-9)13-5-7-4-11-6-14-7/h1-4,6,13H,5H2. The Hall–Kier alpha value is -1.55. The van der Waals surface area contributed by atoms with Crippen LogP contribution in [0.2, 0.25) is 5.15 Å². The lowest BCUT2D eigenvalue weighted by Crippen LogP contribution is -1.99. The third kappa shape index (κ3) is 2.03. The summed E-state index contributed by atoms with van der Waals surface area (Å²) in [5, 5.41) is 3.54. The van der Waals surface area contributed by atoms with Crippen LogP contribution in [0.15, 0.2) is 35.3 Å². The van der Waals surface area contributed by atoms with Gasteiger partial charge in [0.25, 0.3) is 0 Å². The summed E-state index contributed by atoms with van der Waals surface area (Å²) in [7, 11) is 0. The maximum Gasteiger partial charge on any atom is 0.180 e. The van der Waals surface area contributed by atoms with E-state index < -0.39 is 0 Å². The van der Waals surface area contributed by atoms with E-state index >= 15 is 0 Å². The van der Waals surface area contributed by atoms with E-state index in [9.17, 15) is 0 Å². The van der Waals surface area contributed by atoms with Gasteiger partial charge in [-0.05, 0) is 12.1 Å².